The molecule has 1 heteroatoms. The van der Waals surface area contributed by atoms with Crippen LogP contribution >= 0.6 is 0 Å². The van der Waals surface area contributed by atoms with Crippen molar-refractivity contribution >= 4 is 5.78 Å². The third kappa shape index (κ3) is 3.06. The number of carbonyl (C=O) groups excluding carboxylic acids is 1. The number of hydrogen-bond acceptors (Lipinski definition) is 1. The molecule has 0 saturated heterocycles. The number of hydrogen-bond donors (Lipinski definition) is 0. The number of ketones is 1. The molecule has 0 atom stereocenters. The molecule has 0 fully saturated rings. The highest BCUT2D eigenvalue weighted by molar-refractivity contribution is 5.97. The zero-order valence-corrected chi connectivity index (χ0v) is 10.8. The Kier molecular flexibility index (Phi) is 3.78. The number of benzene rings is 1. The van der Waals surface area contributed by atoms with Crippen LogP contribution in [0.2, 0.25) is 0 Å². The van der Waals surface area contributed by atoms with E-state index < -0.39 is 0 Å². The molecule has 17 heavy (non-hydrogen) atoms. The Morgan fingerprint density at radius 2 is 2.00 bits per heavy atom. The van der Waals surface area contributed by atoms with Crippen LogP contribution in [0.5, 0.6) is 0 Å². The Labute approximate surface area is 104 Å². The maximum absolute atomic E-state index is 12.1. The molecule has 0 aliphatic heterocycles. The third-order valence-corrected chi connectivity index (χ3v) is 3.60. The summed E-state index contributed by atoms with van der Waals surface area (Å²) in [6.45, 7) is 4.14. The van der Waals surface area contributed by atoms with Gasteiger partial charge in [-0.15, -0.1) is 0 Å². The number of aryl methyl sites for hydroxylation is 2. The number of Topliss-reactive ketones (excluding diaryl/α,β-unsaturated/α-hetero) is 1. The van der Waals surface area contributed by atoms with Gasteiger partial charge >= 0.3 is 0 Å². The first kappa shape index (κ1) is 12.1. The van der Waals surface area contributed by atoms with Gasteiger partial charge in [-0.1, -0.05) is 23.8 Å². The lowest BCUT2D eigenvalue weighted by Gasteiger charge is -2.12. The van der Waals surface area contributed by atoms with E-state index in [1.165, 1.54) is 29.5 Å². The van der Waals surface area contributed by atoms with Crippen LogP contribution in [0, 0.1) is 13.8 Å². The van der Waals surface area contributed by atoms with Gasteiger partial charge in [0.05, 0.1) is 0 Å². The van der Waals surface area contributed by atoms with Gasteiger partial charge in [-0.3, -0.25) is 4.79 Å². The van der Waals surface area contributed by atoms with Crippen molar-refractivity contribution in [1.82, 2.24) is 0 Å². The van der Waals surface area contributed by atoms with Gasteiger partial charge in [-0.2, -0.15) is 0 Å². The molecule has 2 rings (SSSR count). The minimum absolute atomic E-state index is 0.265. The second kappa shape index (κ2) is 5.31. The Bertz CT molecular complexity index is 455. The smallest absolute Gasteiger partial charge is 0.166 e. The van der Waals surface area contributed by atoms with E-state index in [-0.39, 0.29) is 5.78 Å². The van der Waals surface area contributed by atoms with Gasteiger partial charge in [0.1, 0.15) is 0 Å². The minimum Gasteiger partial charge on any atom is -0.294 e. The lowest BCUT2D eigenvalue weighted by molar-refractivity contribution is 0.0991. The van der Waals surface area contributed by atoms with Gasteiger partial charge in [0, 0.05) is 12.0 Å². The fourth-order valence-corrected chi connectivity index (χ4v) is 2.29. The molecule has 0 aromatic heterocycles. The van der Waals surface area contributed by atoms with E-state index in [1.54, 1.807) is 0 Å². The van der Waals surface area contributed by atoms with Crippen LogP contribution in [0.15, 0.2) is 29.8 Å². The van der Waals surface area contributed by atoms with Gasteiger partial charge < -0.3 is 0 Å². The maximum Gasteiger partial charge on any atom is 0.166 e. The molecule has 1 aromatic carbocycles. The lowest BCUT2D eigenvalue weighted by atomic mass is 9.93. The highest BCUT2D eigenvalue weighted by Gasteiger charge is 2.11. The van der Waals surface area contributed by atoms with E-state index in [4.69, 9.17) is 0 Å². The number of allylic oxidation sites excluding steroid dienone is 2. The molecular formula is C16H20O. The summed E-state index contributed by atoms with van der Waals surface area (Å²) >= 11 is 0. The van der Waals surface area contributed by atoms with Crippen LogP contribution in [0.25, 0.3) is 0 Å². The largest absolute Gasteiger partial charge is 0.294 e. The summed E-state index contributed by atoms with van der Waals surface area (Å²) in [6, 6.07) is 6.01. The fourth-order valence-electron chi connectivity index (χ4n) is 2.29. The average Bonchev–Trinajstić information content (AvgIpc) is 2.34. The summed E-state index contributed by atoms with van der Waals surface area (Å²) in [5.74, 6) is 0.265. The normalized spacial score (nSPS) is 15.5. The van der Waals surface area contributed by atoms with Gasteiger partial charge in [-0.25, -0.2) is 0 Å². The van der Waals surface area contributed by atoms with Crippen LogP contribution in [-0.2, 0) is 0 Å². The van der Waals surface area contributed by atoms with Crippen molar-refractivity contribution < 1.29 is 4.79 Å². The molecule has 0 amide bonds. The highest BCUT2D eigenvalue weighted by Crippen LogP contribution is 2.22. The molecule has 90 valence electrons. The van der Waals surface area contributed by atoms with Crippen LogP contribution in [-0.4, -0.2) is 5.78 Å². The molecule has 0 unspecified atom stereocenters. The van der Waals surface area contributed by atoms with E-state index in [9.17, 15) is 4.79 Å². The van der Waals surface area contributed by atoms with E-state index in [0.717, 1.165) is 18.4 Å². The minimum atomic E-state index is 0.265. The van der Waals surface area contributed by atoms with Crippen molar-refractivity contribution in [2.24, 2.45) is 0 Å². The van der Waals surface area contributed by atoms with Crippen molar-refractivity contribution in [2.75, 3.05) is 0 Å². The molecule has 1 aliphatic carbocycles. The number of rotatable bonds is 3. The average molecular weight is 228 g/mol. The molecule has 0 heterocycles. The SMILES string of the molecule is Cc1ccc(C(=O)CC2=CCCCC2)cc1C. The molecule has 1 aliphatic rings. The molecule has 0 saturated carbocycles. The topological polar surface area (TPSA) is 17.1 Å². The summed E-state index contributed by atoms with van der Waals surface area (Å²) in [7, 11) is 0. The third-order valence-electron chi connectivity index (χ3n) is 3.60. The van der Waals surface area contributed by atoms with Crippen molar-refractivity contribution in [3.63, 3.8) is 0 Å². The van der Waals surface area contributed by atoms with Crippen LogP contribution in [0.3, 0.4) is 0 Å². The Balaban J connectivity index is 2.09. The summed E-state index contributed by atoms with van der Waals surface area (Å²) in [5, 5.41) is 0. The molecule has 0 N–H and O–H groups in total. The first-order valence-electron chi connectivity index (χ1n) is 6.45. The first-order valence-corrected chi connectivity index (χ1v) is 6.45. The summed E-state index contributed by atoms with van der Waals surface area (Å²) in [6.07, 6.45) is 7.64. The van der Waals surface area contributed by atoms with Gasteiger partial charge in [0.2, 0.25) is 0 Å². The van der Waals surface area contributed by atoms with E-state index >= 15 is 0 Å². The molecule has 0 bridgehead atoms. The van der Waals surface area contributed by atoms with Crippen molar-refractivity contribution in [3.05, 3.63) is 46.5 Å². The molecular weight excluding hydrogens is 208 g/mol. The maximum atomic E-state index is 12.1. The molecule has 0 radical (unpaired) electrons. The van der Waals surface area contributed by atoms with Gasteiger partial charge in [0.25, 0.3) is 0 Å². The van der Waals surface area contributed by atoms with Crippen LogP contribution in [0.4, 0.5) is 0 Å². The first-order chi connectivity index (χ1) is 8.16. The van der Waals surface area contributed by atoms with Crippen molar-refractivity contribution in [1.29, 1.82) is 0 Å². The van der Waals surface area contributed by atoms with Gasteiger partial charge in [-0.05, 0) is 56.7 Å². The van der Waals surface area contributed by atoms with E-state index in [1.807, 2.05) is 18.2 Å². The Morgan fingerprint density at radius 3 is 2.65 bits per heavy atom. The quantitative estimate of drug-likeness (QED) is 0.554. The summed E-state index contributed by atoms with van der Waals surface area (Å²) in [4.78, 5) is 12.1. The van der Waals surface area contributed by atoms with E-state index in [2.05, 4.69) is 19.9 Å². The molecule has 0 spiro atoms. The fraction of sp³-hybridized carbons (Fsp3) is 0.438. The van der Waals surface area contributed by atoms with Gasteiger partial charge in [0.15, 0.2) is 5.78 Å². The standard InChI is InChI=1S/C16H20O/c1-12-8-9-15(10-13(12)2)16(17)11-14-6-4-3-5-7-14/h6,8-10H,3-5,7,11H2,1-2H3. The van der Waals surface area contributed by atoms with Crippen LogP contribution < -0.4 is 0 Å². The highest BCUT2D eigenvalue weighted by atomic mass is 16.1. The number of carbonyl (C=O) groups is 1. The second-order valence-corrected chi connectivity index (χ2v) is 5.01. The second-order valence-electron chi connectivity index (χ2n) is 5.01. The molecule has 1 aromatic rings. The van der Waals surface area contributed by atoms with Crippen molar-refractivity contribution in [2.45, 2.75) is 46.0 Å². The Morgan fingerprint density at radius 1 is 1.18 bits per heavy atom. The monoisotopic (exact) mass is 228 g/mol. The predicted molar refractivity (Wildman–Crippen MR) is 71.4 cm³/mol. The zero-order chi connectivity index (χ0) is 12.3. The van der Waals surface area contributed by atoms with Crippen molar-refractivity contribution in [3.8, 4) is 0 Å². The molecule has 1 nitrogen and oxygen atoms in total. The van der Waals surface area contributed by atoms with Crippen LogP contribution in [0.1, 0.15) is 53.6 Å². The lowest BCUT2D eigenvalue weighted by Crippen LogP contribution is -2.03. The summed E-state index contributed by atoms with van der Waals surface area (Å²) in [5.41, 5.74) is 4.64. The predicted octanol–water partition coefficient (Wildman–Crippen LogP) is 4.38. The Hall–Kier alpha value is -1.37. The van der Waals surface area contributed by atoms with E-state index in [0.29, 0.717) is 6.42 Å². The zero-order valence-electron chi connectivity index (χ0n) is 10.8. The summed E-state index contributed by atoms with van der Waals surface area (Å²) < 4.78 is 0.